The molecule has 0 aliphatic rings. The largest absolute Gasteiger partial charge is 0.325 e. The fraction of sp³-hybridized carbons (Fsp3) is 0.375. The molecule has 100 valence electrons. The molecule has 3 nitrogen and oxygen atoms in total. The van der Waals surface area contributed by atoms with Gasteiger partial charge in [-0.05, 0) is 19.4 Å². The molecule has 0 heterocycles. The summed E-state index contributed by atoms with van der Waals surface area (Å²) in [4.78, 5) is 24.8. The van der Waals surface area contributed by atoms with Crippen LogP contribution in [0.2, 0.25) is 0 Å². The minimum absolute atomic E-state index is 0.0288. The van der Waals surface area contributed by atoms with Crippen LogP contribution in [-0.2, 0) is 4.79 Å². The van der Waals surface area contributed by atoms with Gasteiger partial charge in [-0.25, -0.2) is 0 Å². The van der Waals surface area contributed by atoms with E-state index in [-0.39, 0.29) is 17.7 Å². The Kier molecular flexibility index (Phi) is 5.32. The zero-order valence-electron chi connectivity index (χ0n) is 11.6. The molecule has 0 aliphatic heterocycles. The quantitative estimate of drug-likeness (QED) is 0.601. The van der Waals surface area contributed by atoms with E-state index in [0.717, 1.165) is 5.56 Å². The first-order valence-electron chi connectivity index (χ1n) is 6.35. The summed E-state index contributed by atoms with van der Waals surface area (Å²) in [5.74, 6) is 2.57. The normalized spacial score (nSPS) is 11.5. The van der Waals surface area contributed by atoms with Crippen LogP contribution in [-0.4, -0.2) is 23.1 Å². The Morgan fingerprint density at radius 2 is 1.89 bits per heavy atom. The van der Waals surface area contributed by atoms with Gasteiger partial charge in [0, 0.05) is 12.0 Å². The molecule has 0 radical (unpaired) electrons. The van der Waals surface area contributed by atoms with Gasteiger partial charge < -0.3 is 4.90 Å². The van der Waals surface area contributed by atoms with Crippen molar-refractivity contribution in [2.45, 2.75) is 33.2 Å². The fourth-order valence-electron chi connectivity index (χ4n) is 1.92. The first-order valence-corrected chi connectivity index (χ1v) is 6.35. The van der Waals surface area contributed by atoms with Gasteiger partial charge in [0.15, 0.2) is 5.78 Å². The number of carbonyl (C=O) groups excluding carboxylic acids is 2. The third-order valence-electron chi connectivity index (χ3n) is 3.15. The van der Waals surface area contributed by atoms with Gasteiger partial charge in [0.1, 0.15) is 0 Å². The first-order chi connectivity index (χ1) is 9.01. The van der Waals surface area contributed by atoms with E-state index < -0.39 is 0 Å². The van der Waals surface area contributed by atoms with Crippen LogP contribution in [0.3, 0.4) is 0 Å². The highest BCUT2D eigenvalue weighted by molar-refractivity contribution is 5.94. The van der Waals surface area contributed by atoms with Gasteiger partial charge in [0.2, 0.25) is 5.91 Å². The van der Waals surface area contributed by atoms with Crippen molar-refractivity contribution in [1.82, 2.24) is 4.90 Å². The lowest BCUT2D eigenvalue weighted by molar-refractivity contribution is -0.132. The van der Waals surface area contributed by atoms with Gasteiger partial charge in [-0.2, -0.15) is 0 Å². The lowest BCUT2D eigenvalue weighted by atomic mass is 10.0. The second-order valence-corrected chi connectivity index (χ2v) is 4.43. The number of Topliss-reactive ketones (excluding diaryl/α,β-unsaturated/α-hetero) is 1. The molecule has 0 bridgehead atoms. The Morgan fingerprint density at radius 1 is 1.32 bits per heavy atom. The van der Waals surface area contributed by atoms with Crippen molar-refractivity contribution in [3.05, 3.63) is 35.4 Å². The van der Waals surface area contributed by atoms with E-state index in [1.807, 2.05) is 26.0 Å². The molecule has 1 amide bonds. The standard InChI is InChI=1S/C16H19NO2/c1-5-11-17(16(19)6-2)12(3)14-7-9-15(10-8-14)13(4)18/h1,7-10,12H,6,11H2,2-4H3/t12-/m0/s1. The number of benzene rings is 1. The summed E-state index contributed by atoms with van der Waals surface area (Å²) in [7, 11) is 0. The Balaban J connectivity index is 2.96. The fourth-order valence-corrected chi connectivity index (χ4v) is 1.92. The lowest BCUT2D eigenvalue weighted by Crippen LogP contribution is -2.33. The number of nitrogens with zero attached hydrogens (tertiary/aromatic N) is 1. The molecule has 3 heteroatoms. The molecule has 1 rings (SSSR count). The summed E-state index contributed by atoms with van der Waals surface area (Å²) in [6.07, 6.45) is 5.74. The zero-order chi connectivity index (χ0) is 14.4. The molecule has 0 fully saturated rings. The molecule has 0 saturated heterocycles. The second-order valence-electron chi connectivity index (χ2n) is 4.43. The smallest absolute Gasteiger partial charge is 0.223 e. The maximum absolute atomic E-state index is 11.9. The summed E-state index contributed by atoms with van der Waals surface area (Å²) in [5.41, 5.74) is 1.64. The predicted molar refractivity (Wildman–Crippen MR) is 75.7 cm³/mol. The predicted octanol–water partition coefficient (Wildman–Crippen LogP) is 2.82. The zero-order valence-corrected chi connectivity index (χ0v) is 11.6. The molecule has 0 spiro atoms. The maximum atomic E-state index is 11.9. The summed E-state index contributed by atoms with van der Waals surface area (Å²) in [5, 5.41) is 0. The van der Waals surface area contributed by atoms with Gasteiger partial charge >= 0.3 is 0 Å². The van der Waals surface area contributed by atoms with Crippen molar-refractivity contribution >= 4 is 11.7 Å². The first kappa shape index (κ1) is 15.0. The Bertz CT molecular complexity index is 496. The van der Waals surface area contributed by atoms with E-state index in [1.54, 1.807) is 17.0 Å². The van der Waals surface area contributed by atoms with E-state index in [4.69, 9.17) is 6.42 Å². The number of hydrogen-bond acceptors (Lipinski definition) is 2. The van der Waals surface area contributed by atoms with E-state index in [1.165, 1.54) is 6.92 Å². The van der Waals surface area contributed by atoms with E-state index in [9.17, 15) is 9.59 Å². The molecular weight excluding hydrogens is 238 g/mol. The Morgan fingerprint density at radius 3 is 2.32 bits per heavy atom. The highest BCUT2D eigenvalue weighted by Crippen LogP contribution is 2.21. The van der Waals surface area contributed by atoms with Crippen LogP contribution in [0, 0.1) is 12.3 Å². The van der Waals surface area contributed by atoms with Gasteiger partial charge in [0.25, 0.3) is 0 Å². The van der Waals surface area contributed by atoms with E-state index in [2.05, 4.69) is 5.92 Å². The number of hydrogen-bond donors (Lipinski definition) is 0. The summed E-state index contributed by atoms with van der Waals surface area (Å²) in [6, 6.07) is 7.20. The van der Waals surface area contributed by atoms with E-state index in [0.29, 0.717) is 18.5 Å². The Labute approximate surface area is 114 Å². The molecule has 1 aromatic rings. The van der Waals surface area contributed by atoms with E-state index >= 15 is 0 Å². The van der Waals surface area contributed by atoms with Crippen LogP contribution in [0.4, 0.5) is 0 Å². The van der Waals surface area contributed by atoms with Gasteiger partial charge in [-0.1, -0.05) is 37.1 Å². The number of terminal acetylenes is 1. The number of ketones is 1. The highest BCUT2D eigenvalue weighted by atomic mass is 16.2. The molecule has 0 aromatic heterocycles. The van der Waals surface area contributed by atoms with Crippen molar-refractivity contribution in [3.63, 3.8) is 0 Å². The number of amides is 1. The molecule has 19 heavy (non-hydrogen) atoms. The average Bonchev–Trinajstić information content (AvgIpc) is 2.43. The van der Waals surface area contributed by atoms with Crippen molar-refractivity contribution in [3.8, 4) is 12.3 Å². The molecular formula is C16H19NO2. The summed E-state index contributed by atoms with van der Waals surface area (Å²) < 4.78 is 0. The number of rotatable bonds is 5. The van der Waals surface area contributed by atoms with Crippen LogP contribution >= 0.6 is 0 Å². The molecule has 0 N–H and O–H groups in total. The topological polar surface area (TPSA) is 37.4 Å². The lowest BCUT2D eigenvalue weighted by Gasteiger charge is -2.27. The number of carbonyl (C=O) groups is 2. The monoisotopic (exact) mass is 257 g/mol. The van der Waals surface area contributed by atoms with Crippen LogP contribution in [0.5, 0.6) is 0 Å². The highest BCUT2D eigenvalue weighted by Gasteiger charge is 2.19. The van der Waals surface area contributed by atoms with Gasteiger partial charge in [0.05, 0.1) is 12.6 Å². The molecule has 0 unspecified atom stereocenters. The minimum atomic E-state index is -0.0930. The van der Waals surface area contributed by atoms with Gasteiger partial charge in [-0.15, -0.1) is 6.42 Å². The molecule has 0 saturated carbocycles. The SMILES string of the molecule is C#CCN(C(=O)CC)[C@@H](C)c1ccc(C(C)=O)cc1. The second kappa shape index (κ2) is 6.75. The van der Waals surface area contributed by atoms with Crippen LogP contribution in [0.1, 0.15) is 49.2 Å². The van der Waals surface area contributed by atoms with Crippen LogP contribution in [0.15, 0.2) is 24.3 Å². The average molecular weight is 257 g/mol. The summed E-state index contributed by atoms with van der Waals surface area (Å²) in [6.45, 7) is 5.58. The molecule has 0 aliphatic carbocycles. The van der Waals surface area contributed by atoms with Crippen LogP contribution in [0.25, 0.3) is 0 Å². The van der Waals surface area contributed by atoms with Gasteiger partial charge in [-0.3, -0.25) is 9.59 Å². The molecule has 1 aromatic carbocycles. The maximum Gasteiger partial charge on any atom is 0.223 e. The molecule has 1 atom stereocenters. The van der Waals surface area contributed by atoms with Crippen molar-refractivity contribution in [1.29, 1.82) is 0 Å². The Hall–Kier alpha value is -2.08. The van der Waals surface area contributed by atoms with Crippen molar-refractivity contribution in [2.24, 2.45) is 0 Å². The van der Waals surface area contributed by atoms with Crippen molar-refractivity contribution in [2.75, 3.05) is 6.54 Å². The third-order valence-corrected chi connectivity index (χ3v) is 3.15. The van der Waals surface area contributed by atoms with Crippen LogP contribution < -0.4 is 0 Å². The van der Waals surface area contributed by atoms with Crippen molar-refractivity contribution < 1.29 is 9.59 Å². The third kappa shape index (κ3) is 3.69. The summed E-state index contributed by atoms with van der Waals surface area (Å²) >= 11 is 0. The minimum Gasteiger partial charge on any atom is -0.325 e.